The van der Waals surface area contributed by atoms with E-state index in [1.165, 1.54) is 0 Å². The van der Waals surface area contributed by atoms with Gasteiger partial charge in [0.2, 0.25) is 6.29 Å². The molecule has 98 valence electrons. The number of hydrogen-bond acceptors (Lipinski definition) is 4. The Balaban J connectivity index is 2.13. The second kappa shape index (κ2) is 3.39. The van der Waals surface area contributed by atoms with Crippen LogP contribution in [0.5, 0.6) is 5.75 Å². The quantitative estimate of drug-likeness (QED) is 0.681. The summed E-state index contributed by atoms with van der Waals surface area (Å²) in [6, 6.07) is 7.45. The van der Waals surface area contributed by atoms with Gasteiger partial charge in [0, 0.05) is 11.8 Å². The minimum absolute atomic E-state index is 0.0530. The van der Waals surface area contributed by atoms with E-state index in [1.807, 2.05) is 32.0 Å². The maximum atomic E-state index is 12.3. The van der Waals surface area contributed by atoms with Gasteiger partial charge in [-0.05, 0) is 19.1 Å². The van der Waals surface area contributed by atoms with Crippen molar-refractivity contribution in [3.05, 3.63) is 40.2 Å². The Bertz CT molecular complexity index is 732. The first-order chi connectivity index (χ1) is 9.09. The van der Waals surface area contributed by atoms with Crippen molar-refractivity contribution in [2.45, 2.75) is 38.1 Å². The zero-order chi connectivity index (χ0) is 13.2. The highest BCUT2D eigenvalue weighted by Gasteiger charge is 2.52. The second-order valence-corrected chi connectivity index (χ2v) is 5.54. The molecule has 4 heteroatoms. The molecule has 0 spiro atoms. The molecule has 0 aliphatic carbocycles. The third-order valence-electron chi connectivity index (χ3n) is 4.43. The van der Waals surface area contributed by atoms with Crippen LogP contribution in [0.4, 0.5) is 0 Å². The lowest BCUT2D eigenvalue weighted by Crippen LogP contribution is -2.37. The van der Waals surface area contributed by atoms with Gasteiger partial charge in [-0.25, -0.2) is 4.79 Å². The van der Waals surface area contributed by atoms with Crippen molar-refractivity contribution in [2.24, 2.45) is 0 Å². The summed E-state index contributed by atoms with van der Waals surface area (Å²) < 4.78 is 17.1. The van der Waals surface area contributed by atoms with E-state index < -0.39 is 0 Å². The molecular weight excluding hydrogens is 244 g/mol. The van der Waals surface area contributed by atoms with E-state index in [1.54, 1.807) is 6.07 Å². The van der Waals surface area contributed by atoms with Crippen LogP contribution >= 0.6 is 0 Å². The Morgan fingerprint density at radius 2 is 2.11 bits per heavy atom. The van der Waals surface area contributed by atoms with Gasteiger partial charge < -0.3 is 13.9 Å². The molecule has 1 saturated heterocycles. The fourth-order valence-electron chi connectivity index (χ4n) is 3.18. The lowest BCUT2D eigenvalue weighted by molar-refractivity contribution is -0.0646. The molecule has 1 unspecified atom stereocenters. The van der Waals surface area contributed by atoms with E-state index in [0.29, 0.717) is 23.3 Å². The topological polar surface area (TPSA) is 48.7 Å². The Morgan fingerprint density at radius 3 is 2.95 bits per heavy atom. The monoisotopic (exact) mass is 258 g/mol. The highest BCUT2D eigenvalue weighted by molar-refractivity contribution is 5.85. The van der Waals surface area contributed by atoms with Gasteiger partial charge in [0.15, 0.2) is 0 Å². The smallest absolute Gasteiger partial charge is 0.343 e. The van der Waals surface area contributed by atoms with E-state index in [-0.39, 0.29) is 23.4 Å². The van der Waals surface area contributed by atoms with Gasteiger partial charge in [-0.1, -0.05) is 19.1 Å². The molecule has 4 rings (SSSR count). The van der Waals surface area contributed by atoms with Crippen molar-refractivity contribution in [3.63, 3.8) is 0 Å². The van der Waals surface area contributed by atoms with Crippen LogP contribution < -0.4 is 10.4 Å². The standard InChI is InChI=1S/C15H14O4/c1-8-15(2)7-11(17-8)19-13-9-5-3-4-6-10(9)18-14(16)12(13)15/h3-6,8,11H,7H2,1-2H3/t8?,11-,15+/m1/s1. The van der Waals surface area contributed by atoms with E-state index >= 15 is 0 Å². The Morgan fingerprint density at radius 1 is 1.32 bits per heavy atom. The van der Waals surface area contributed by atoms with Crippen molar-refractivity contribution < 1.29 is 13.9 Å². The van der Waals surface area contributed by atoms with Crippen LogP contribution in [0.25, 0.3) is 11.0 Å². The van der Waals surface area contributed by atoms with Gasteiger partial charge in [-0.3, -0.25) is 0 Å². The zero-order valence-corrected chi connectivity index (χ0v) is 10.8. The third kappa shape index (κ3) is 1.29. The first kappa shape index (κ1) is 11.1. The van der Waals surface area contributed by atoms with Crippen LogP contribution in [0.15, 0.2) is 33.5 Å². The van der Waals surface area contributed by atoms with Gasteiger partial charge in [-0.2, -0.15) is 0 Å². The molecule has 0 radical (unpaired) electrons. The van der Waals surface area contributed by atoms with Crippen LogP contribution in [0.2, 0.25) is 0 Å². The predicted octanol–water partition coefficient (Wildman–Crippen LogP) is 2.58. The van der Waals surface area contributed by atoms with Crippen LogP contribution in [0.1, 0.15) is 25.8 Å². The SMILES string of the molecule is CC1O[C@H]2C[C@]1(C)c1c(c3ccccc3oc1=O)O2. The van der Waals surface area contributed by atoms with E-state index in [2.05, 4.69) is 0 Å². The first-order valence-corrected chi connectivity index (χ1v) is 6.48. The average Bonchev–Trinajstić information content (AvgIpc) is 2.59. The number of para-hydroxylation sites is 1. The molecule has 3 heterocycles. The van der Waals surface area contributed by atoms with Crippen LogP contribution in [0.3, 0.4) is 0 Å². The molecule has 2 aliphatic rings. The molecule has 2 aromatic rings. The third-order valence-corrected chi connectivity index (χ3v) is 4.43. The van der Waals surface area contributed by atoms with Gasteiger partial charge in [0.05, 0.1) is 17.1 Å². The maximum Gasteiger partial charge on any atom is 0.343 e. The molecule has 2 bridgehead atoms. The Labute approximate surface area is 109 Å². The molecule has 2 aliphatic heterocycles. The molecular formula is C15H14O4. The lowest BCUT2D eigenvalue weighted by atomic mass is 9.76. The highest BCUT2D eigenvalue weighted by atomic mass is 16.7. The van der Waals surface area contributed by atoms with E-state index in [0.717, 1.165) is 5.39 Å². The number of rotatable bonds is 0. The highest BCUT2D eigenvalue weighted by Crippen LogP contribution is 2.49. The fraction of sp³-hybridized carbons (Fsp3) is 0.400. The lowest BCUT2D eigenvalue weighted by Gasteiger charge is -2.30. The molecule has 1 aromatic carbocycles. The van der Waals surface area contributed by atoms with Gasteiger partial charge >= 0.3 is 5.63 Å². The minimum Gasteiger partial charge on any atom is -0.464 e. The summed E-state index contributed by atoms with van der Waals surface area (Å²) in [4.78, 5) is 12.3. The number of fused-ring (bicyclic) bond motifs is 6. The molecule has 19 heavy (non-hydrogen) atoms. The summed E-state index contributed by atoms with van der Waals surface area (Å²) >= 11 is 0. The second-order valence-electron chi connectivity index (χ2n) is 5.54. The van der Waals surface area contributed by atoms with Crippen molar-refractivity contribution in [1.82, 2.24) is 0 Å². The van der Waals surface area contributed by atoms with Crippen molar-refractivity contribution >= 4 is 11.0 Å². The Hall–Kier alpha value is -1.81. The van der Waals surface area contributed by atoms with Crippen LogP contribution in [-0.2, 0) is 10.2 Å². The van der Waals surface area contributed by atoms with Gasteiger partial charge in [0.25, 0.3) is 0 Å². The summed E-state index contributed by atoms with van der Waals surface area (Å²) in [5, 5.41) is 0.839. The molecule has 1 aromatic heterocycles. The molecule has 0 N–H and O–H groups in total. The number of ether oxygens (including phenoxy) is 2. The fourth-order valence-corrected chi connectivity index (χ4v) is 3.18. The minimum atomic E-state index is -0.330. The average molecular weight is 258 g/mol. The van der Waals surface area contributed by atoms with Crippen molar-refractivity contribution in [3.8, 4) is 5.75 Å². The summed E-state index contributed by atoms with van der Waals surface area (Å²) in [5.41, 5.74) is 0.534. The predicted molar refractivity (Wildman–Crippen MR) is 69.4 cm³/mol. The van der Waals surface area contributed by atoms with E-state index in [4.69, 9.17) is 13.9 Å². The molecule has 0 saturated carbocycles. The molecule has 3 atom stereocenters. The number of hydrogen-bond donors (Lipinski definition) is 0. The largest absolute Gasteiger partial charge is 0.464 e. The molecule has 1 fully saturated rings. The Kier molecular flexibility index (Phi) is 1.97. The molecule has 0 amide bonds. The summed E-state index contributed by atoms with van der Waals surface area (Å²) in [5.74, 6) is 0.634. The summed E-state index contributed by atoms with van der Waals surface area (Å²) in [7, 11) is 0. The van der Waals surface area contributed by atoms with Crippen molar-refractivity contribution in [1.29, 1.82) is 0 Å². The van der Waals surface area contributed by atoms with Crippen LogP contribution in [-0.4, -0.2) is 12.4 Å². The zero-order valence-electron chi connectivity index (χ0n) is 10.8. The maximum absolute atomic E-state index is 12.3. The van der Waals surface area contributed by atoms with Crippen molar-refractivity contribution in [2.75, 3.05) is 0 Å². The normalized spacial score (nSPS) is 32.1. The van der Waals surface area contributed by atoms with Gasteiger partial charge in [0.1, 0.15) is 11.3 Å². The van der Waals surface area contributed by atoms with E-state index in [9.17, 15) is 4.79 Å². The summed E-state index contributed by atoms with van der Waals surface area (Å²) in [6.45, 7) is 4.03. The van der Waals surface area contributed by atoms with Gasteiger partial charge in [-0.15, -0.1) is 0 Å². The molecule has 4 nitrogen and oxygen atoms in total. The number of benzene rings is 1. The summed E-state index contributed by atoms with van der Waals surface area (Å²) in [6.07, 6.45) is 0.380. The first-order valence-electron chi connectivity index (χ1n) is 6.48. The van der Waals surface area contributed by atoms with Crippen LogP contribution in [0, 0.1) is 0 Å².